The first-order chi connectivity index (χ1) is 4.50. The fraction of sp³-hybridized carbons (Fsp3) is 0.667. The molecule has 0 radical (unpaired) electrons. The minimum absolute atomic E-state index is 0. The van der Waals surface area contributed by atoms with Crippen LogP contribution in [-0.4, -0.2) is 23.7 Å². The van der Waals surface area contributed by atoms with Crippen LogP contribution in [0.4, 0.5) is 0 Å². The number of hydrogen-bond donors (Lipinski definition) is 1. The van der Waals surface area contributed by atoms with Crippen molar-refractivity contribution >= 4 is 11.9 Å². The van der Waals surface area contributed by atoms with E-state index in [0.717, 1.165) is 6.92 Å². The Kier molecular flexibility index (Phi) is 19.0. The van der Waals surface area contributed by atoms with Gasteiger partial charge < -0.3 is 9.84 Å². The van der Waals surface area contributed by atoms with Gasteiger partial charge in [0.15, 0.2) is 0 Å². The maximum atomic E-state index is 9.82. The van der Waals surface area contributed by atoms with Crippen LogP contribution in [0.15, 0.2) is 0 Å². The summed E-state index contributed by atoms with van der Waals surface area (Å²) in [7, 11) is 0. The summed E-state index contributed by atoms with van der Waals surface area (Å²) in [5.41, 5.74) is 0. The van der Waals surface area contributed by atoms with Crippen molar-refractivity contribution in [2.75, 3.05) is 6.61 Å². The molecule has 0 aromatic rings. The van der Waals surface area contributed by atoms with Crippen LogP contribution in [0.1, 0.15) is 20.8 Å². The van der Waals surface area contributed by atoms with Crippen LogP contribution in [0.3, 0.4) is 0 Å². The van der Waals surface area contributed by atoms with Crippen molar-refractivity contribution in [3.8, 4) is 0 Å². The van der Waals surface area contributed by atoms with Gasteiger partial charge in [0.1, 0.15) is 0 Å². The van der Waals surface area contributed by atoms with Gasteiger partial charge in [-0.15, -0.1) is 0 Å². The van der Waals surface area contributed by atoms with Gasteiger partial charge in [-0.1, -0.05) is 0 Å². The van der Waals surface area contributed by atoms with Crippen molar-refractivity contribution in [2.45, 2.75) is 20.8 Å². The van der Waals surface area contributed by atoms with Crippen molar-refractivity contribution in [1.29, 1.82) is 0 Å². The van der Waals surface area contributed by atoms with Gasteiger partial charge in [0, 0.05) is 35.6 Å². The van der Waals surface area contributed by atoms with Gasteiger partial charge >= 0.3 is 5.97 Å². The maximum Gasteiger partial charge on any atom is 0.302 e. The molecule has 0 aliphatic carbocycles. The molecule has 0 aliphatic heterocycles. The smallest absolute Gasteiger partial charge is 0.302 e. The Morgan fingerprint density at radius 3 is 1.64 bits per heavy atom. The standard InChI is InChI=1S/C4H8O2.C2H4O2.Ti/c1-3-6-4(2)5;1-2(3)4;/h3H2,1-2H3;1H3,(H,3,4);. The number of carboxylic acid groups (broad SMARTS) is 1. The van der Waals surface area contributed by atoms with E-state index in [-0.39, 0.29) is 27.7 Å². The molecule has 0 spiro atoms. The average Bonchev–Trinajstić information content (AvgIpc) is 1.62. The fourth-order valence-corrected chi connectivity index (χ4v) is 0.203. The molecule has 0 unspecified atom stereocenters. The van der Waals surface area contributed by atoms with Crippen LogP contribution in [-0.2, 0) is 36.0 Å². The second-order valence-electron chi connectivity index (χ2n) is 1.44. The molecule has 11 heavy (non-hydrogen) atoms. The van der Waals surface area contributed by atoms with Gasteiger partial charge in [0.2, 0.25) is 0 Å². The SMILES string of the molecule is CC(=O)O.CCOC(C)=O.[Ti]. The molecule has 0 rings (SSSR count). The number of carbonyl (C=O) groups excluding carboxylic acids is 1. The van der Waals surface area contributed by atoms with Crippen LogP contribution < -0.4 is 0 Å². The molecular weight excluding hydrogens is 184 g/mol. The molecule has 0 atom stereocenters. The third-order valence-electron chi connectivity index (χ3n) is 0.348. The van der Waals surface area contributed by atoms with E-state index in [0.29, 0.717) is 6.61 Å². The third kappa shape index (κ3) is 80.3. The number of rotatable bonds is 1. The largest absolute Gasteiger partial charge is 0.481 e. The zero-order valence-corrected chi connectivity index (χ0v) is 8.44. The first kappa shape index (κ1) is 16.9. The van der Waals surface area contributed by atoms with E-state index >= 15 is 0 Å². The first-order valence-corrected chi connectivity index (χ1v) is 2.83. The Hall–Kier alpha value is -0.346. The van der Waals surface area contributed by atoms with Crippen LogP contribution in [0.5, 0.6) is 0 Å². The van der Waals surface area contributed by atoms with Gasteiger partial charge in [-0.2, -0.15) is 0 Å². The molecule has 0 aromatic carbocycles. The van der Waals surface area contributed by atoms with E-state index in [9.17, 15) is 4.79 Å². The number of hydrogen-bond acceptors (Lipinski definition) is 3. The second-order valence-corrected chi connectivity index (χ2v) is 1.44. The second kappa shape index (κ2) is 12.3. The predicted octanol–water partition coefficient (Wildman–Crippen LogP) is 0.658. The van der Waals surface area contributed by atoms with Crippen LogP contribution in [0.2, 0.25) is 0 Å². The summed E-state index contributed by atoms with van der Waals surface area (Å²) < 4.78 is 4.40. The first-order valence-electron chi connectivity index (χ1n) is 2.83. The van der Waals surface area contributed by atoms with Crippen LogP contribution >= 0.6 is 0 Å². The Balaban J connectivity index is -0.000000114. The van der Waals surface area contributed by atoms with Gasteiger partial charge in [-0.3, -0.25) is 9.59 Å². The van der Waals surface area contributed by atoms with Crippen molar-refractivity contribution in [3.63, 3.8) is 0 Å². The van der Waals surface area contributed by atoms with Crippen molar-refractivity contribution in [2.24, 2.45) is 0 Å². The molecule has 0 aromatic heterocycles. The Labute approximate surface area is 80.8 Å². The Bertz CT molecular complexity index is 109. The zero-order chi connectivity index (χ0) is 8.57. The molecule has 0 saturated carbocycles. The van der Waals surface area contributed by atoms with Crippen molar-refractivity contribution in [1.82, 2.24) is 0 Å². The minimum Gasteiger partial charge on any atom is -0.481 e. The molecule has 64 valence electrons. The van der Waals surface area contributed by atoms with Crippen molar-refractivity contribution in [3.05, 3.63) is 0 Å². The normalized spacial score (nSPS) is 6.45. The number of ether oxygens (including phenoxy) is 1. The number of esters is 1. The predicted molar refractivity (Wildman–Crippen MR) is 35.6 cm³/mol. The van der Waals surface area contributed by atoms with Gasteiger partial charge in [0.05, 0.1) is 6.61 Å². The average molecular weight is 196 g/mol. The minimum atomic E-state index is -0.833. The molecule has 0 amide bonds. The summed E-state index contributed by atoms with van der Waals surface area (Å²) in [6.07, 6.45) is 0. The van der Waals surface area contributed by atoms with Gasteiger partial charge in [-0.25, -0.2) is 0 Å². The molecule has 0 fully saturated rings. The van der Waals surface area contributed by atoms with E-state index in [4.69, 9.17) is 9.90 Å². The summed E-state index contributed by atoms with van der Waals surface area (Å²) in [5.74, 6) is -1.04. The Morgan fingerprint density at radius 1 is 1.36 bits per heavy atom. The van der Waals surface area contributed by atoms with Crippen LogP contribution in [0.25, 0.3) is 0 Å². The van der Waals surface area contributed by atoms with Crippen LogP contribution in [0, 0.1) is 0 Å². The molecule has 0 heterocycles. The Morgan fingerprint density at radius 2 is 1.64 bits per heavy atom. The maximum absolute atomic E-state index is 9.82. The van der Waals surface area contributed by atoms with Crippen molar-refractivity contribution < 1.29 is 41.2 Å². The summed E-state index contributed by atoms with van der Waals surface area (Å²) in [4.78, 5) is 18.8. The molecule has 0 aliphatic rings. The van der Waals surface area contributed by atoms with E-state index in [2.05, 4.69) is 4.74 Å². The molecular formula is C6H12O4Ti. The van der Waals surface area contributed by atoms with Gasteiger partial charge in [0.25, 0.3) is 5.97 Å². The third-order valence-corrected chi connectivity index (χ3v) is 0.348. The monoisotopic (exact) mass is 196 g/mol. The molecule has 0 bridgehead atoms. The zero-order valence-electron chi connectivity index (χ0n) is 6.88. The number of carboxylic acids is 1. The summed E-state index contributed by atoms with van der Waals surface area (Å²) in [6.45, 7) is 4.74. The summed E-state index contributed by atoms with van der Waals surface area (Å²) >= 11 is 0. The fourth-order valence-electron chi connectivity index (χ4n) is 0.203. The summed E-state index contributed by atoms with van der Waals surface area (Å²) in [6, 6.07) is 0. The molecule has 0 saturated heterocycles. The van der Waals surface area contributed by atoms with E-state index in [1.807, 2.05) is 0 Å². The number of carbonyl (C=O) groups is 2. The van der Waals surface area contributed by atoms with E-state index in [1.54, 1.807) is 6.92 Å². The molecule has 1 N–H and O–H groups in total. The van der Waals surface area contributed by atoms with Gasteiger partial charge in [-0.05, 0) is 6.92 Å². The number of aliphatic carboxylic acids is 1. The topological polar surface area (TPSA) is 63.6 Å². The summed E-state index contributed by atoms with van der Waals surface area (Å²) in [5, 5.41) is 7.42. The van der Waals surface area contributed by atoms with E-state index in [1.165, 1.54) is 6.92 Å². The molecule has 5 heteroatoms. The quantitative estimate of drug-likeness (QED) is 0.494. The molecule has 4 nitrogen and oxygen atoms in total. The van der Waals surface area contributed by atoms with E-state index < -0.39 is 5.97 Å².